The van der Waals surface area contributed by atoms with E-state index in [-0.39, 0.29) is 17.9 Å². The Bertz CT molecular complexity index is 502. The van der Waals surface area contributed by atoms with Crippen molar-refractivity contribution >= 4 is 17.6 Å². The summed E-state index contributed by atoms with van der Waals surface area (Å²) >= 11 is 0. The van der Waals surface area contributed by atoms with Crippen molar-refractivity contribution < 1.29 is 19.1 Å². The maximum Gasteiger partial charge on any atom is 0.338 e. The smallest absolute Gasteiger partial charge is 0.338 e. The van der Waals surface area contributed by atoms with E-state index in [4.69, 9.17) is 9.47 Å². The highest BCUT2D eigenvalue weighted by molar-refractivity contribution is 5.95. The zero-order valence-electron chi connectivity index (χ0n) is 14.3. The molecule has 1 aromatic carbocycles. The summed E-state index contributed by atoms with van der Waals surface area (Å²) in [6.07, 6.45) is 0.874. The molecular weight excluding hydrogens is 296 g/mol. The van der Waals surface area contributed by atoms with Crippen LogP contribution in [0.3, 0.4) is 0 Å². The Hall–Kier alpha value is -1.92. The van der Waals surface area contributed by atoms with Gasteiger partial charge in [-0.2, -0.15) is 0 Å². The number of carbonyl (C=O) groups excluding carboxylic acids is 2. The summed E-state index contributed by atoms with van der Waals surface area (Å²) in [5, 5.41) is 2.85. The topological polar surface area (TPSA) is 67.9 Å². The summed E-state index contributed by atoms with van der Waals surface area (Å²) in [6.45, 7) is 5.41. The van der Waals surface area contributed by atoms with Crippen LogP contribution in [0.2, 0.25) is 0 Å². The molecule has 1 rings (SSSR count). The normalized spacial score (nSPS) is 12.0. The van der Waals surface area contributed by atoms with Gasteiger partial charge < -0.3 is 14.8 Å². The van der Waals surface area contributed by atoms with Gasteiger partial charge in [0.2, 0.25) is 5.91 Å². The molecule has 0 aliphatic rings. The van der Waals surface area contributed by atoms with Gasteiger partial charge in [0.1, 0.15) is 0 Å². The number of rotatable bonds is 9. The van der Waals surface area contributed by atoms with Crippen molar-refractivity contribution in [2.45, 2.75) is 26.3 Å². The Morgan fingerprint density at radius 2 is 1.91 bits per heavy atom. The standard InChI is InChI=1S/C17H26N2O4/c1-5-23-17(21)14-7-9-15(10-8-14)18-16(20)13(2)19(3)11-6-12-22-4/h7-10,13H,5-6,11-12H2,1-4H3,(H,18,20). The number of hydrogen-bond acceptors (Lipinski definition) is 5. The molecule has 0 bridgehead atoms. The molecule has 1 unspecified atom stereocenters. The monoisotopic (exact) mass is 322 g/mol. The first-order chi connectivity index (χ1) is 11.0. The predicted molar refractivity (Wildman–Crippen MR) is 89.6 cm³/mol. The number of likely N-dealkylation sites (N-methyl/N-ethyl adjacent to an activating group) is 1. The van der Waals surface area contributed by atoms with Crippen LogP contribution in [-0.2, 0) is 14.3 Å². The van der Waals surface area contributed by atoms with E-state index in [0.717, 1.165) is 13.0 Å². The molecule has 6 heteroatoms. The lowest BCUT2D eigenvalue weighted by Gasteiger charge is -2.23. The van der Waals surface area contributed by atoms with Gasteiger partial charge in [0, 0.05) is 25.9 Å². The number of carbonyl (C=O) groups is 2. The van der Waals surface area contributed by atoms with Crippen molar-refractivity contribution in [2.75, 3.05) is 39.2 Å². The minimum atomic E-state index is -0.364. The lowest BCUT2D eigenvalue weighted by Crippen LogP contribution is -2.40. The number of methoxy groups -OCH3 is 1. The van der Waals surface area contributed by atoms with Gasteiger partial charge in [-0.3, -0.25) is 9.69 Å². The molecule has 0 aliphatic heterocycles. The third-order valence-corrected chi connectivity index (χ3v) is 3.56. The molecule has 0 aromatic heterocycles. The number of ether oxygens (including phenoxy) is 2. The van der Waals surface area contributed by atoms with Crippen molar-refractivity contribution in [1.82, 2.24) is 4.90 Å². The molecule has 1 N–H and O–H groups in total. The molecule has 0 saturated carbocycles. The third kappa shape index (κ3) is 6.38. The Morgan fingerprint density at radius 1 is 1.26 bits per heavy atom. The molecule has 1 aromatic rings. The second-order valence-electron chi connectivity index (χ2n) is 5.29. The molecule has 6 nitrogen and oxygen atoms in total. The van der Waals surface area contributed by atoms with Crippen LogP contribution >= 0.6 is 0 Å². The average Bonchev–Trinajstić information content (AvgIpc) is 2.55. The van der Waals surface area contributed by atoms with Crippen LogP contribution in [0.4, 0.5) is 5.69 Å². The quantitative estimate of drug-likeness (QED) is 0.557. The van der Waals surface area contributed by atoms with E-state index < -0.39 is 0 Å². The third-order valence-electron chi connectivity index (χ3n) is 3.56. The molecule has 1 amide bonds. The second kappa shape index (κ2) is 9.97. The largest absolute Gasteiger partial charge is 0.462 e. The van der Waals surface area contributed by atoms with Crippen LogP contribution in [0.25, 0.3) is 0 Å². The van der Waals surface area contributed by atoms with Crippen LogP contribution in [0.15, 0.2) is 24.3 Å². The molecule has 0 radical (unpaired) electrons. The van der Waals surface area contributed by atoms with Crippen molar-refractivity contribution in [3.8, 4) is 0 Å². The highest BCUT2D eigenvalue weighted by Crippen LogP contribution is 2.12. The van der Waals surface area contributed by atoms with Crippen molar-refractivity contribution in [3.63, 3.8) is 0 Å². The van der Waals surface area contributed by atoms with E-state index in [1.807, 2.05) is 18.9 Å². The minimum Gasteiger partial charge on any atom is -0.462 e. The van der Waals surface area contributed by atoms with Gasteiger partial charge in [0.05, 0.1) is 18.2 Å². The predicted octanol–water partition coefficient (Wildman–Crippen LogP) is 2.16. The first-order valence-electron chi connectivity index (χ1n) is 7.76. The van der Waals surface area contributed by atoms with E-state index in [9.17, 15) is 9.59 Å². The fraction of sp³-hybridized carbons (Fsp3) is 0.529. The Balaban J connectivity index is 2.54. The molecule has 23 heavy (non-hydrogen) atoms. The first kappa shape index (κ1) is 19.1. The molecule has 1 atom stereocenters. The highest BCUT2D eigenvalue weighted by atomic mass is 16.5. The summed E-state index contributed by atoms with van der Waals surface area (Å²) in [5.41, 5.74) is 1.12. The number of benzene rings is 1. The number of amides is 1. The van der Waals surface area contributed by atoms with Crippen molar-refractivity contribution in [1.29, 1.82) is 0 Å². The van der Waals surface area contributed by atoms with Crippen LogP contribution in [0.1, 0.15) is 30.6 Å². The highest BCUT2D eigenvalue weighted by Gasteiger charge is 2.17. The zero-order chi connectivity index (χ0) is 17.2. The lowest BCUT2D eigenvalue weighted by molar-refractivity contribution is -0.120. The number of nitrogens with one attached hydrogen (secondary N) is 1. The Kier molecular flexibility index (Phi) is 8.29. The van der Waals surface area contributed by atoms with Gasteiger partial charge in [0.25, 0.3) is 0 Å². The molecular formula is C17H26N2O4. The first-order valence-corrected chi connectivity index (χ1v) is 7.76. The fourth-order valence-electron chi connectivity index (χ4n) is 2.00. The van der Waals surface area contributed by atoms with Gasteiger partial charge in [-0.25, -0.2) is 4.79 Å². The van der Waals surface area contributed by atoms with Crippen LogP contribution in [0.5, 0.6) is 0 Å². The van der Waals surface area contributed by atoms with Crippen LogP contribution in [0, 0.1) is 0 Å². The van der Waals surface area contributed by atoms with Crippen molar-refractivity contribution in [3.05, 3.63) is 29.8 Å². The average molecular weight is 322 g/mol. The SMILES string of the molecule is CCOC(=O)c1ccc(NC(=O)C(C)N(C)CCCOC)cc1. The Morgan fingerprint density at radius 3 is 2.48 bits per heavy atom. The van der Waals surface area contributed by atoms with Crippen LogP contribution in [-0.4, -0.2) is 56.7 Å². The second-order valence-corrected chi connectivity index (χ2v) is 5.29. The molecule has 0 saturated heterocycles. The van der Waals surface area contributed by atoms with Crippen LogP contribution < -0.4 is 5.32 Å². The van der Waals surface area contributed by atoms with Gasteiger partial charge >= 0.3 is 5.97 Å². The number of anilines is 1. The maximum atomic E-state index is 12.2. The van der Waals surface area contributed by atoms with E-state index in [2.05, 4.69) is 5.32 Å². The van der Waals surface area contributed by atoms with E-state index in [1.165, 1.54) is 0 Å². The zero-order valence-corrected chi connectivity index (χ0v) is 14.3. The van der Waals surface area contributed by atoms with Gasteiger partial charge in [-0.1, -0.05) is 0 Å². The van der Waals surface area contributed by atoms with Gasteiger partial charge in [0.15, 0.2) is 0 Å². The summed E-state index contributed by atoms with van der Waals surface area (Å²) < 4.78 is 9.93. The molecule has 128 valence electrons. The Labute approximate surface area is 137 Å². The fourth-order valence-corrected chi connectivity index (χ4v) is 2.00. The number of esters is 1. The van der Waals surface area contributed by atoms with E-state index in [0.29, 0.717) is 24.5 Å². The minimum absolute atomic E-state index is 0.0891. The van der Waals surface area contributed by atoms with Gasteiger partial charge in [-0.05, 0) is 51.6 Å². The molecule has 0 heterocycles. The van der Waals surface area contributed by atoms with E-state index >= 15 is 0 Å². The molecule has 0 aliphatic carbocycles. The maximum absolute atomic E-state index is 12.2. The molecule has 0 spiro atoms. The number of nitrogens with zero attached hydrogens (tertiary/aromatic N) is 1. The summed E-state index contributed by atoms with van der Waals surface area (Å²) in [6, 6.07) is 6.42. The number of hydrogen-bond donors (Lipinski definition) is 1. The van der Waals surface area contributed by atoms with E-state index in [1.54, 1.807) is 38.3 Å². The lowest BCUT2D eigenvalue weighted by atomic mass is 10.2. The van der Waals surface area contributed by atoms with Crippen molar-refractivity contribution in [2.24, 2.45) is 0 Å². The summed E-state index contributed by atoms with van der Waals surface area (Å²) in [5.74, 6) is -0.453. The molecule has 0 fully saturated rings. The summed E-state index contributed by atoms with van der Waals surface area (Å²) in [7, 11) is 3.57. The summed E-state index contributed by atoms with van der Waals surface area (Å²) in [4.78, 5) is 25.8. The van der Waals surface area contributed by atoms with Gasteiger partial charge in [-0.15, -0.1) is 0 Å².